The van der Waals surface area contributed by atoms with E-state index in [4.69, 9.17) is 0 Å². The minimum absolute atomic E-state index is 0.926. The zero-order valence-electron chi connectivity index (χ0n) is 29.8. The Hall–Kier alpha value is 0. The smallest absolute Gasteiger partial charge is 0.0386 e. The Morgan fingerprint density at radius 3 is 1.25 bits per heavy atom. The van der Waals surface area contributed by atoms with E-state index in [0.29, 0.717) is 0 Å². The van der Waals surface area contributed by atoms with Crippen molar-refractivity contribution in [1.82, 2.24) is 0 Å². The van der Waals surface area contributed by atoms with Crippen LogP contribution in [0.3, 0.4) is 0 Å². The van der Waals surface area contributed by atoms with Crippen molar-refractivity contribution in [2.45, 2.75) is 204 Å². The van der Waals surface area contributed by atoms with Crippen molar-refractivity contribution in [3.05, 3.63) is 0 Å². The molecular formula is C40H80. The maximum absolute atomic E-state index is 2.58. The summed E-state index contributed by atoms with van der Waals surface area (Å²) in [5.74, 6) is 8.64. The van der Waals surface area contributed by atoms with Crippen LogP contribution in [-0.2, 0) is 0 Å². The van der Waals surface area contributed by atoms with Crippen LogP contribution in [0.1, 0.15) is 204 Å². The van der Waals surface area contributed by atoms with Gasteiger partial charge in [-0.05, 0) is 66.1 Å². The molecule has 0 nitrogen and oxygen atoms in total. The van der Waals surface area contributed by atoms with Gasteiger partial charge in [0.15, 0.2) is 0 Å². The normalized spacial score (nSPS) is 23.0. The molecule has 0 heteroatoms. The molecule has 1 saturated carbocycles. The van der Waals surface area contributed by atoms with Crippen molar-refractivity contribution >= 4 is 0 Å². The van der Waals surface area contributed by atoms with Crippen molar-refractivity contribution < 1.29 is 0 Å². The molecule has 0 amide bonds. The number of rotatable bonds is 26. The minimum atomic E-state index is 0.926. The van der Waals surface area contributed by atoms with Gasteiger partial charge in [0.1, 0.15) is 0 Å². The van der Waals surface area contributed by atoms with Crippen molar-refractivity contribution in [3.8, 4) is 0 Å². The van der Waals surface area contributed by atoms with Crippen LogP contribution in [-0.4, -0.2) is 0 Å². The Balaban J connectivity index is 2.02. The topological polar surface area (TPSA) is 0 Å². The lowest BCUT2D eigenvalue weighted by Gasteiger charge is -2.21. The van der Waals surface area contributed by atoms with Crippen molar-refractivity contribution in [1.29, 1.82) is 0 Å². The predicted octanol–water partition coefficient (Wildman–Crippen LogP) is 14.3. The van der Waals surface area contributed by atoms with Crippen LogP contribution in [0.5, 0.6) is 0 Å². The average Bonchev–Trinajstić information content (AvgIpc) is 3.40. The fourth-order valence-electron chi connectivity index (χ4n) is 7.67. The van der Waals surface area contributed by atoms with Gasteiger partial charge in [-0.15, -0.1) is 0 Å². The first-order valence-electron chi connectivity index (χ1n) is 19.1. The van der Waals surface area contributed by atoms with E-state index >= 15 is 0 Å². The molecule has 1 aliphatic rings. The lowest BCUT2D eigenvalue weighted by molar-refractivity contribution is 0.304. The van der Waals surface area contributed by atoms with E-state index in [1.54, 1.807) is 6.42 Å². The molecule has 1 aliphatic carbocycles. The Morgan fingerprint density at radius 2 is 0.800 bits per heavy atom. The SMILES string of the molecule is CCC(C)CCCC(C)CCCC(C)CCCC(C)CCC(C)CCCC(C)C1CCC(CCCC(C)CC)C1. The van der Waals surface area contributed by atoms with E-state index in [1.807, 2.05) is 0 Å². The molecule has 0 N–H and O–H groups in total. The predicted molar refractivity (Wildman–Crippen MR) is 184 cm³/mol. The Kier molecular flexibility index (Phi) is 22.3. The van der Waals surface area contributed by atoms with E-state index in [2.05, 4.69) is 62.3 Å². The van der Waals surface area contributed by atoms with E-state index in [-0.39, 0.29) is 0 Å². The third kappa shape index (κ3) is 19.2. The minimum Gasteiger partial charge on any atom is -0.0651 e. The molecule has 0 heterocycles. The van der Waals surface area contributed by atoms with Gasteiger partial charge < -0.3 is 0 Å². The standard InChI is InChI=1S/C40H80/c1-10-32(3)17-12-19-34(5)20-13-21-35(6)22-14-23-36(7)27-28-37(8)24-15-25-38(9)40-30-29-39(31-40)26-16-18-33(4)11-2/h32-40H,10-31H2,1-9H3. The highest BCUT2D eigenvalue weighted by atomic mass is 14.3. The van der Waals surface area contributed by atoms with Gasteiger partial charge in [-0.2, -0.15) is 0 Å². The van der Waals surface area contributed by atoms with Crippen molar-refractivity contribution in [3.63, 3.8) is 0 Å². The molecule has 0 aromatic rings. The highest BCUT2D eigenvalue weighted by Gasteiger charge is 2.28. The summed E-state index contributed by atoms with van der Waals surface area (Å²) in [5, 5.41) is 0. The molecule has 0 aromatic carbocycles. The second kappa shape index (κ2) is 23.5. The summed E-state index contributed by atoms with van der Waals surface area (Å²) in [6.45, 7) is 22.2. The number of hydrogen-bond acceptors (Lipinski definition) is 0. The molecule has 0 saturated heterocycles. The Morgan fingerprint density at radius 1 is 0.425 bits per heavy atom. The molecule has 1 rings (SSSR count). The van der Waals surface area contributed by atoms with Crippen LogP contribution in [0.2, 0.25) is 0 Å². The van der Waals surface area contributed by atoms with E-state index in [1.165, 1.54) is 135 Å². The second-order valence-corrected chi connectivity index (χ2v) is 16.1. The number of hydrogen-bond donors (Lipinski definition) is 0. The van der Waals surface area contributed by atoms with Gasteiger partial charge in [0.2, 0.25) is 0 Å². The van der Waals surface area contributed by atoms with Crippen LogP contribution in [0.25, 0.3) is 0 Å². The van der Waals surface area contributed by atoms with Crippen LogP contribution in [0.4, 0.5) is 0 Å². The summed E-state index contributed by atoms with van der Waals surface area (Å²) in [7, 11) is 0. The Bertz CT molecular complexity index is 550. The summed E-state index contributed by atoms with van der Waals surface area (Å²) in [5.41, 5.74) is 0. The maximum atomic E-state index is 2.58. The van der Waals surface area contributed by atoms with Crippen LogP contribution in [0, 0.1) is 53.3 Å². The maximum Gasteiger partial charge on any atom is -0.0386 e. The quantitative estimate of drug-likeness (QED) is 0.0986. The second-order valence-electron chi connectivity index (χ2n) is 16.1. The molecule has 0 radical (unpaired) electrons. The lowest BCUT2D eigenvalue weighted by Crippen LogP contribution is -2.09. The molecule has 9 unspecified atom stereocenters. The summed E-state index contributed by atoms with van der Waals surface area (Å²) in [6.07, 6.45) is 32.2. The highest BCUT2D eigenvalue weighted by Crippen LogP contribution is 2.40. The van der Waals surface area contributed by atoms with Gasteiger partial charge in [-0.1, -0.05) is 191 Å². The molecule has 240 valence electrons. The zero-order valence-corrected chi connectivity index (χ0v) is 29.8. The van der Waals surface area contributed by atoms with Crippen molar-refractivity contribution in [2.75, 3.05) is 0 Å². The molecule has 0 aliphatic heterocycles. The third-order valence-corrected chi connectivity index (χ3v) is 11.8. The van der Waals surface area contributed by atoms with Crippen LogP contribution < -0.4 is 0 Å². The fourth-order valence-corrected chi connectivity index (χ4v) is 7.67. The van der Waals surface area contributed by atoms with E-state index < -0.39 is 0 Å². The molecule has 1 fully saturated rings. The summed E-state index contributed by atoms with van der Waals surface area (Å²) in [4.78, 5) is 0. The largest absolute Gasteiger partial charge is 0.0651 e. The van der Waals surface area contributed by atoms with Gasteiger partial charge in [-0.3, -0.25) is 0 Å². The summed E-state index contributed by atoms with van der Waals surface area (Å²) in [6, 6.07) is 0. The van der Waals surface area contributed by atoms with Crippen LogP contribution >= 0.6 is 0 Å². The molecule has 0 spiro atoms. The van der Waals surface area contributed by atoms with Gasteiger partial charge in [-0.25, -0.2) is 0 Å². The summed E-state index contributed by atoms with van der Waals surface area (Å²) >= 11 is 0. The first-order chi connectivity index (χ1) is 19.1. The van der Waals surface area contributed by atoms with Gasteiger partial charge in [0.05, 0.1) is 0 Å². The van der Waals surface area contributed by atoms with E-state index in [9.17, 15) is 0 Å². The highest BCUT2D eigenvalue weighted by molar-refractivity contribution is 4.79. The molecule has 9 atom stereocenters. The first kappa shape index (κ1) is 38.0. The van der Waals surface area contributed by atoms with Gasteiger partial charge >= 0.3 is 0 Å². The van der Waals surface area contributed by atoms with Crippen LogP contribution in [0.15, 0.2) is 0 Å². The Labute approximate surface area is 256 Å². The van der Waals surface area contributed by atoms with Gasteiger partial charge in [0.25, 0.3) is 0 Å². The first-order valence-corrected chi connectivity index (χ1v) is 19.1. The molecule has 0 aromatic heterocycles. The molecule has 40 heavy (non-hydrogen) atoms. The fraction of sp³-hybridized carbons (Fsp3) is 1.00. The van der Waals surface area contributed by atoms with Crippen molar-refractivity contribution in [2.24, 2.45) is 53.3 Å². The average molecular weight is 561 g/mol. The molecule has 0 bridgehead atoms. The monoisotopic (exact) mass is 561 g/mol. The molecular weight excluding hydrogens is 480 g/mol. The summed E-state index contributed by atoms with van der Waals surface area (Å²) < 4.78 is 0. The third-order valence-electron chi connectivity index (χ3n) is 11.8. The zero-order chi connectivity index (χ0) is 29.8. The van der Waals surface area contributed by atoms with Gasteiger partial charge in [0, 0.05) is 0 Å². The lowest BCUT2D eigenvalue weighted by atomic mass is 9.85. The van der Waals surface area contributed by atoms with E-state index in [0.717, 1.165) is 53.3 Å².